The molecule has 1 aliphatic heterocycles. The van der Waals surface area contributed by atoms with Crippen molar-refractivity contribution in [3.8, 4) is 0 Å². The first kappa shape index (κ1) is 12.1. The normalized spacial score (nSPS) is 28.9. The van der Waals surface area contributed by atoms with Crippen molar-refractivity contribution in [2.45, 2.75) is 37.9 Å². The van der Waals surface area contributed by atoms with Crippen LogP contribution in [0, 0.1) is 0 Å². The van der Waals surface area contributed by atoms with Crippen molar-refractivity contribution >= 4 is 5.97 Å². The van der Waals surface area contributed by atoms with Crippen molar-refractivity contribution in [2.24, 2.45) is 5.73 Å². The lowest BCUT2D eigenvalue weighted by Gasteiger charge is -2.34. The number of hydrogen-bond acceptors (Lipinski definition) is 3. The molecule has 1 aliphatic rings. The number of carboxylic acid groups (broad SMARTS) is 1. The topological polar surface area (TPSA) is 75.4 Å². The Hall–Kier alpha value is -1.39. The largest absolute Gasteiger partial charge is 0.478 e. The zero-order chi connectivity index (χ0) is 12.4. The molecule has 4 nitrogen and oxygen atoms in total. The first-order valence-corrected chi connectivity index (χ1v) is 5.93. The van der Waals surface area contributed by atoms with Gasteiger partial charge in [-0.15, -0.1) is 0 Å². The van der Waals surface area contributed by atoms with Gasteiger partial charge in [0.2, 0.25) is 0 Å². The number of aromatic carboxylic acids is 1. The summed E-state index contributed by atoms with van der Waals surface area (Å²) in [5.41, 5.74) is 7.37. The summed E-state index contributed by atoms with van der Waals surface area (Å²) >= 11 is 0. The van der Waals surface area contributed by atoms with E-state index in [1.165, 1.54) is 0 Å². The molecule has 0 aliphatic carbocycles. The number of piperidine rings is 1. The summed E-state index contributed by atoms with van der Waals surface area (Å²) in [6, 6.07) is 7.54. The van der Waals surface area contributed by atoms with Gasteiger partial charge in [-0.25, -0.2) is 4.79 Å². The van der Waals surface area contributed by atoms with Gasteiger partial charge in [-0.1, -0.05) is 12.1 Å². The quantitative estimate of drug-likeness (QED) is 0.725. The maximum atomic E-state index is 10.9. The summed E-state index contributed by atoms with van der Waals surface area (Å²) in [7, 11) is 0. The molecule has 3 unspecified atom stereocenters. The molecule has 2 rings (SSSR count). The van der Waals surface area contributed by atoms with E-state index in [0.29, 0.717) is 11.6 Å². The standard InChI is InChI=1S/C13H18N2O2/c1-8-5-6-11(14)12(15-8)9-3-2-4-10(7-9)13(16)17/h2-4,7-8,11-12,15H,5-6,14H2,1H3,(H,16,17). The van der Waals surface area contributed by atoms with Gasteiger partial charge in [0.25, 0.3) is 0 Å². The van der Waals surface area contributed by atoms with Crippen molar-refractivity contribution < 1.29 is 9.90 Å². The third kappa shape index (κ3) is 2.65. The summed E-state index contributed by atoms with van der Waals surface area (Å²) in [6.45, 7) is 2.12. The number of carbonyl (C=O) groups is 1. The van der Waals surface area contributed by atoms with Crippen LogP contribution in [-0.4, -0.2) is 23.2 Å². The van der Waals surface area contributed by atoms with Gasteiger partial charge >= 0.3 is 5.97 Å². The minimum Gasteiger partial charge on any atom is -0.478 e. The van der Waals surface area contributed by atoms with E-state index in [4.69, 9.17) is 10.8 Å². The Balaban J connectivity index is 2.26. The highest BCUT2D eigenvalue weighted by molar-refractivity contribution is 5.87. The minimum atomic E-state index is -0.899. The molecule has 0 spiro atoms. The monoisotopic (exact) mass is 234 g/mol. The Morgan fingerprint density at radius 2 is 2.24 bits per heavy atom. The molecule has 1 aromatic rings. The van der Waals surface area contributed by atoms with Crippen LogP contribution in [0.4, 0.5) is 0 Å². The number of nitrogens with two attached hydrogens (primary N) is 1. The van der Waals surface area contributed by atoms with E-state index in [1.54, 1.807) is 18.2 Å². The van der Waals surface area contributed by atoms with Crippen LogP contribution >= 0.6 is 0 Å². The molecule has 17 heavy (non-hydrogen) atoms. The predicted octanol–water partition coefficient (Wildman–Crippen LogP) is 1.53. The second-order valence-corrected chi connectivity index (χ2v) is 4.72. The average Bonchev–Trinajstić information content (AvgIpc) is 2.32. The van der Waals surface area contributed by atoms with Crippen LogP contribution in [-0.2, 0) is 0 Å². The molecule has 1 aromatic carbocycles. The second kappa shape index (κ2) is 4.85. The fourth-order valence-corrected chi connectivity index (χ4v) is 2.33. The van der Waals surface area contributed by atoms with Crippen LogP contribution in [0.1, 0.15) is 41.7 Å². The van der Waals surface area contributed by atoms with Crippen molar-refractivity contribution in [3.05, 3.63) is 35.4 Å². The first-order chi connectivity index (χ1) is 8.08. The fourth-order valence-electron chi connectivity index (χ4n) is 2.33. The third-order valence-corrected chi connectivity index (χ3v) is 3.32. The molecule has 0 amide bonds. The maximum Gasteiger partial charge on any atom is 0.335 e. The van der Waals surface area contributed by atoms with Gasteiger partial charge in [-0.2, -0.15) is 0 Å². The van der Waals surface area contributed by atoms with E-state index >= 15 is 0 Å². The second-order valence-electron chi connectivity index (χ2n) is 4.72. The molecular formula is C13H18N2O2. The first-order valence-electron chi connectivity index (χ1n) is 5.93. The van der Waals surface area contributed by atoms with Crippen LogP contribution < -0.4 is 11.1 Å². The molecule has 0 saturated carbocycles. The Kier molecular flexibility index (Phi) is 3.45. The zero-order valence-electron chi connectivity index (χ0n) is 9.89. The Morgan fingerprint density at radius 3 is 2.94 bits per heavy atom. The van der Waals surface area contributed by atoms with Crippen LogP contribution in [0.25, 0.3) is 0 Å². The van der Waals surface area contributed by atoms with Gasteiger partial charge in [0.1, 0.15) is 0 Å². The number of rotatable bonds is 2. The van der Waals surface area contributed by atoms with Crippen molar-refractivity contribution in [1.82, 2.24) is 5.32 Å². The van der Waals surface area contributed by atoms with Crippen LogP contribution in [0.2, 0.25) is 0 Å². The number of carboxylic acids is 1. The Labute approximate surface area is 101 Å². The molecule has 1 heterocycles. The van der Waals surface area contributed by atoms with Crippen LogP contribution in [0.15, 0.2) is 24.3 Å². The summed E-state index contributed by atoms with van der Waals surface area (Å²) in [4.78, 5) is 10.9. The SMILES string of the molecule is CC1CCC(N)C(c2cccc(C(=O)O)c2)N1. The molecular weight excluding hydrogens is 216 g/mol. The van der Waals surface area contributed by atoms with Crippen LogP contribution in [0.5, 0.6) is 0 Å². The maximum absolute atomic E-state index is 10.9. The summed E-state index contributed by atoms with van der Waals surface area (Å²) < 4.78 is 0. The third-order valence-electron chi connectivity index (χ3n) is 3.32. The molecule has 4 N–H and O–H groups in total. The highest BCUT2D eigenvalue weighted by Crippen LogP contribution is 2.25. The molecule has 92 valence electrons. The van der Waals surface area contributed by atoms with Gasteiger partial charge in [0.05, 0.1) is 5.56 Å². The van der Waals surface area contributed by atoms with Gasteiger partial charge in [0.15, 0.2) is 0 Å². The van der Waals surface area contributed by atoms with E-state index < -0.39 is 5.97 Å². The lowest BCUT2D eigenvalue weighted by atomic mass is 9.89. The molecule has 3 atom stereocenters. The number of nitrogens with one attached hydrogen (secondary N) is 1. The highest BCUT2D eigenvalue weighted by atomic mass is 16.4. The molecule has 0 bridgehead atoms. The summed E-state index contributed by atoms with van der Waals surface area (Å²) in [5.74, 6) is -0.899. The van der Waals surface area contributed by atoms with Crippen molar-refractivity contribution in [2.75, 3.05) is 0 Å². The Bertz CT molecular complexity index is 420. The van der Waals surface area contributed by atoms with E-state index in [2.05, 4.69) is 12.2 Å². The molecule has 4 heteroatoms. The minimum absolute atomic E-state index is 0.0512. The predicted molar refractivity (Wildman–Crippen MR) is 65.9 cm³/mol. The Morgan fingerprint density at radius 1 is 1.47 bits per heavy atom. The van der Waals surface area contributed by atoms with Gasteiger partial charge < -0.3 is 16.2 Å². The zero-order valence-corrected chi connectivity index (χ0v) is 9.89. The molecule has 1 saturated heterocycles. The smallest absolute Gasteiger partial charge is 0.335 e. The van der Waals surface area contributed by atoms with Crippen molar-refractivity contribution in [3.63, 3.8) is 0 Å². The fraction of sp³-hybridized carbons (Fsp3) is 0.462. The molecule has 1 fully saturated rings. The lowest BCUT2D eigenvalue weighted by molar-refractivity contribution is 0.0696. The number of benzene rings is 1. The van der Waals surface area contributed by atoms with E-state index in [0.717, 1.165) is 18.4 Å². The average molecular weight is 234 g/mol. The summed E-state index contributed by atoms with van der Waals surface area (Å²) in [6.07, 6.45) is 2.03. The lowest BCUT2D eigenvalue weighted by Crippen LogP contribution is -2.47. The number of hydrogen-bond donors (Lipinski definition) is 3. The summed E-state index contributed by atoms with van der Waals surface area (Å²) in [5, 5.41) is 12.4. The highest BCUT2D eigenvalue weighted by Gasteiger charge is 2.26. The van der Waals surface area contributed by atoms with E-state index in [1.807, 2.05) is 6.07 Å². The van der Waals surface area contributed by atoms with Crippen molar-refractivity contribution in [1.29, 1.82) is 0 Å². The van der Waals surface area contributed by atoms with Gasteiger partial charge in [-0.05, 0) is 37.5 Å². The molecule has 0 radical (unpaired) electrons. The van der Waals surface area contributed by atoms with E-state index in [9.17, 15) is 4.79 Å². The van der Waals surface area contributed by atoms with Gasteiger partial charge in [0, 0.05) is 18.1 Å². The van der Waals surface area contributed by atoms with Crippen LogP contribution in [0.3, 0.4) is 0 Å². The molecule has 0 aromatic heterocycles. The van der Waals surface area contributed by atoms with Gasteiger partial charge in [-0.3, -0.25) is 0 Å². The van der Waals surface area contributed by atoms with E-state index in [-0.39, 0.29) is 12.1 Å².